The zero-order valence-corrected chi connectivity index (χ0v) is 8.41. The Morgan fingerprint density at radius 2 is 2.23 bits per heavy atom. The molecule has 0 saturated heterocycles. The zero-order valence-electron chi connectivity index (χ0n) is 8.41. The van der Waals surface area contributed by atoms with Gasteiger partial charge in [0.1, 0.15) is 6.10 Å². The first-order valence-electron chi connectivity index (χ1n) is 4.68. The van der Waals surface area contributed by atoms with Crippen LogP contribution in [0.3, 0.4) is 0 Å². The molecule has 4 heteroatoms. The molecule has 0 fully saturated rings. The summed E-state index contributed by atoms with van der Waals surface area (Å²) in [6.45, 7) is 5.35. The van der Waals surface area contributed by atoms with Gasteiger partial charge in [-0.25, -0.2) is 0 Å². The fourth-order valence-corrected chi connectivity index (χ4v) is 0.848. The number of carbonyl (C=O) groups is 1. The number of carbonyl (C=O) groups excluding carboxylic acids is 1. The lowest BCUT2D eigenvalue weighted by atomic mass is 10.3. The zero-order chi connectivity index (χ0) is 10.1. The minimum absolute atomic E-state index is 0.162. The third-order valence-corrected chi connectivity index (χ3v) is 1.47. The van der Waals surface area contributed by atoms with Gasteiger partial charge in [-0.3, -0.25) is 4.79 Å². The van der Waals surface area contributed by atoms with Crippen molar-refractivity contribution in [3.05, 3.63) is 0 Å². The topological polar surface area (TPSA) is 61.5 Å². The molecule has 0 aromatic carbocycles. The van der Waals surface area contributed by atoms with Gasteiger partial charge in [-0.2, -0.15) is 0 Å². The van der Waals surface area contributed by atoms with Crippen LogP contribution >= 0.6 is 0 Å². The monoisotopic (exact) mass is 189 g/mol. The quantitative estimate of drug-likeness (QED) is 0.599. The number of hydrogen-bond donors (Lipinski definition) is 1. The largest absolute Gasteiger partial charge is 0.460 e. The van der Waals surface area contributed by atoms with Gasteiger partial charge in [0.2, 0.25) is 0 Å². The second-order valence-electron chi connectivity index (χ2n) is 2.85. The Kier molecular flexibility index (Phi) is 7.63. The molecule has 0 aliphatic carbocycles. The molecule has 0 amide bonds. The second kappa shape index (κ2) is 8.01. The summed E-state index contributed by atoms with van der Waals surface area (Å²) >= 11 is 0. The highest BCUT2D eigenvalue weighted by molar-refractivity contribution is 5.69. The van der Waals surface area contributed by atoms with Gasteiger partial charge in [-0.15, -0.1) is 0 Å². The molecule has 2 N–H and O–H groups in total. The number of ether oxygens (including phenoxy) is 2. The van der Waals surface area contributed by atoms with Crippen LogP contribution in [-0.2, 0) is 14.3 Å². The molecule has 0 spiro atoms. The van der Waals surface area contributed by atoms with Gasteiger partial charge in [0.15, 0.2) is 0 Å². The van der Waals surface area contributed by atoms with Gasteiger partial charge >= 0.3 is 5.97 Å². The van der Waals surface area contributed by atoms with Gasteiger partial charge in [-0.05, 0) is 26.8 Å². The van der Waals surface area contributed by atoms with E-state index in [1.54, 1.807) is 0 Å². The molecule has 1 atom stereocenters. The number of esters is 1. The fourth-order valence-electron chi connectivity index (χ4n) is 0.848. The standard InChI is InChI=1S/C9H19NO3/c1-3-12-7-8(2)13-9(11)5-4-6-10/h8H,3-7,10H2,1-2H3. The van der Waals surface area contributed by atoms with Crippen molar-refractivity contribution in [1.82, 2.24) is 0 Å². The highest BCUT2D eigenvalue weighted by Gasteiger charge is 2.08. The van der Waals surface area contributed by atoms with Crippen molar-refractivity contribution in [2.75, 3.05) is 19.8 Å². The molecule has 0 aliphatic rings. The predicted molar refractivity (Wildman–Crippen MR) is 50.3 cm³/mol. The summed E-state index contributed by atoms with van der Waals surface area (Å²) in [5.41, 5.74) is 5.26. The Morgan fingerprint density at radius 1 is 1.54 bits per heavy atom. The van der Waals surface area contributed by atoms with Crippen LogP contribution in [0, 0.1) is 0 Å². The Morgan fingerprint density at radius 3 is 2.77 bits per heavy atom. The maximum atomic E-state index is 11.0. The SMILES string of the molecule is CCOCC(C)OC(=O)CCCN. The van der Waals surface area contributed by atoms with Gasteiger partial charge in [0, 0.05) is 13.0 Å². The first kappa shape index (κ1) is 12.4. The minimum Gasteiger partial charge on any atom is -0.460 e. The van der Waals surface area contributed by atoms with Crippen LogP contribution in [0.1, 0.15) is 26.7 Å². The average molecular weight is 189 g/mol. The molecule has 0 aromatic heterocycles. The van der Waals surface area contributed by atoms with Crippen molar-refractivity contribution in [2.24, 2.45) is 5.73 Å². The van der Waals surface area contributed by atoms with Gasteiger partial charge < -0.3 is 15.2 Å². The second-order valence-corrected chi connectivity index (χ2v) is 2.85. The molecule has 1 unspecified atom stereocenters. The highest BCUT2D eigenvalue weighted by atomic mass is 16.6. The summed E-state index contributed by atoms with van der Waals surface area (Å²) in [6, 6.07) is 0. The predicted octanol–water partition coefficient (Wildman–Crippen LogP) is 0.694. The van der Waals surface area contributed by atoms with Crippen molar-refractivity contribution in [3.63, 3.8) is 0 Å². The molecule has 0 aromatic rings. The maximum Gasteiger partial charge on any atom is 0.306 e. The van der Waals surface area contributed by atoms with Gasteiger partial charge in [0.05, 0.1) is 6.61 Å². The fraction of sp³-hybridized carbons (Fsp3) is 0.889. The van der Waals surface area contributed by atoms with Crippen molar-refractivity contribution in [1.29, 1.82) is 0 Å². The molecule has 0 radical (unpaired) electrons. The molecule has 0 heterocycles. The number of nitrogens with two attached hydrogens (primary N) is 1. The summed E-state index contributed by atoms with van der Waals surface area (Å²) in [7, 11) is 0. The number of hydrogen-bond acceptors (Lipinski definition) is 4. The molecule has 0 aliphatic heterocycles. The van der Waals surface area contributed by atoms with E-state index in [0.717, 1.165) is 0 Å². The van der Waals surface area contributed by atoms with E-state index in [9.17, 15) is 4.79 Å². The smallest absolute Gasteiger partial charge is 0.306 e. The molecule has 4 nitrogen and oxygen atoms in total. The lowest BCUT2D eigenvalue weighted by Crippen LogP contribution is -2.20. The van der Waals surface area contributed by atoms with E-state index in [1.165, 1.54) is 0 Å². The van der Waals surface area contributed by atoms with Crippen molar-refractivity contribution in [2.45, 2.75) is 32.8 Å². The number of rotatable bonds is 7. The van der Waals surface area contributed by atoms with Crippen LogP contribution in [0.5, 0.6) is 0 Å². The first-order valence-corrected chi connectivity index (χ1v) is 4.68. The van der Waals surface area contributed by atoms with Crippen LogP contribution in [0.2, 0.25) is 0 Å². The van der Waals surface area contributed by atoms with E-state index in [0.29, 0.717) is 32.6 Å². The van der Waals surface area contributed by atoms with E-state index in [1.807, 2.05) is 13.8 Å². The molecule has 13 heavy (non-hydrogen) atoms. The molecule has 78 valence electrons. The summed E-state index contributed by atoms with van der Waals surface area (Å²) in [5.74, 6) is -0.197. The van der Waals surface area contributed by atoms with E-state index in [-0.39, 0.29) is 12.1 Å². The van der Waals surface area contributed by atoms with E-state index >= 15 is 0 Å². The summed E-state index contributed by atoms with van der Waals surface area (Å²) in [4.78, 5) is 11.0. The Labute approximate surface area is 79.4 Å². The normalized spacial score (nSPS) is 12.5. The van der Waals surface area contributed by atoms with E-state index < -0.39 is 0 Å². The van der Waals surface area contributed by atoms with E-state index in [4.69, 9.17) is 15.2 Å². The summed E-state index contributed by atoms with van der Waals surface area (Å²) in [6.07, 6.45) is 0.915. The van der Waals surface area contributed by atoms with Crippen molar-refractivity contribution >= 4 is 5.97 Å². The molecule has 0 saturated carbocycles. The van der Waals surface area contributed by atoms with Crippen molar-refractivity contribution in [3.8, 4) is 0 Å². The van der Waals surface area contributed by atoms with Gasteiger partial charge in [0.25, 0.3) is 0 Å². The minimum atomic E-state index is -0.197. The van der Waals surface area contributed by atoms with Gasteiger partial charge in [-0.1, -0.05) is 0 Å². The lowest BCUT2D eigenvalue weighted by molar-refractivity contribution is -0.151. The molecule has 0 rings (SSSR count). The Balaban J connectivity index is 3.41. The van der Waals surface area contributed by atoms with Crippen LogP contribution in [0.25, 0.3) is 0 Å². The molecular formula is C9H19NO3. The van der Waals surface area contributed by atoms with Crippen LogP contribution in [0.15, 0.2) is 0 Å². The maximum absolute atomic E-state index is 11.0. The average Bonchev–Trinajstić information content (AvgIpc) is 2.11. The van der Waals surface area contributed by atoms with Crippen LogP contribution < -0.4 is 5.73 Å². The molecular weight excluding hydrogens is 170 g/mol. The Bertz CT molecular complexity index is 139. The van der Waals surface area contributed by atoms with Crippen molar-refractivity contribution < 1.29 is 14.3 Å². The highest BCUT2D eigenvalue weighted by Crippen LogP contribution is 1.97. The van der Waals surface area contributed by atoms with E-state index in [2.05, 4.69) is 0 Å². The molecule has 0 bridgehead atoms. The van der Waals surface area contributed by atoms with Crippen LogP contribution in [-0.4, -0.2) is 31.8 Å². The summed E-state index contributed by atoms with van der Waals surface area (Å²) < 4.78 is 10.1. The third-order valence-electron chi connectivity index (χ3n) is 1.47. The Hall–Kier alpha value is -0.610. The first-order chi connectivity index (χ1) is 6.20. The lowest BCUT2D eigenvalue weighted by Gasteiger charge is -2.12. The summed E-state index contributed by atoms with van der Waals surface area (Å²) in [5, 5.41) is 0. The third kappa shape index (κ3) is 7.74. The van der Waals surface area contributed by atoms with Crippen LogP contribution in [0.4, 0.5) is 0 Å².